The minimum atomic E-state index is -0.530. The number of likely N-dealkylation sites (tertiary alicyclic amines) is 1. The molecule has 1 aliphatic rings. The fraction of sp³-hybridized carbons (Fsp3) is 1.00. The van der Waals surface area contributed by atoms with Gasteiger partial charge in [-0.3, -0.25) is 4.90 Å². The number of nitrogens with zero attached hydrogens (tertiary/aromatic N) is 1. The third kappa shape index (κ3) is 1.41. The summed E-state index contributed by atoms with van der Waals surface area (Å²) in [6.45, 7) is 1.03. The Labute approximate surface area is 56.0 Å². The number of rotatable bonds is 0. The molecule has 0 amide bonds. The summed E-state index contributed by atoms with van der Waals surface area (Å²) in [4.78, 5) is 2.01. The van der Waals surface area contributed by atoms with E-state index < -0.39 is 5.79 Å². The van der Waals surface area contributed by atoms with Crippen molar-refractivity contribution in [1.82, 2.24) is 4.90 Å². The summed E-state index contributed by atoms with van der Waals surface area (Å²) in [5, 5.41) is 0. The first-order valence-corrected chi connectivity index (χ1v) is 3.42. The van der Waals surface area contributed by atoms with Crippen LogP contribution in [0.15, 0.2) is 0 Å². The highest BCUT2D eigenvalue weighted by Crippen LogP contribution is 2.15. The summed E-state index contributed by atoms with van der Waals surface area (Å²) in [5.74, 6) is -0.530. The van der Waals surface area contributed by atoms with Crippen molar-refractivity contribution in [3.63, 3.8) is 0 Å². The average molecular weight is 129 g/mol. The number of piperidine rings is 1. The van der Waals surface area contributed by atoms with E-state index in [-0.39, 0.29) is 0 Å². The monoisotopic (exact) mass is 129 g/mol. The van der Waals surface area contributed by atoms with Gasteiger partial charge in [0.05, 0.1) is 0 Å². The van der Waals surface area contributed by atoms with Gasteiger partial charge in [-0.15, -0.1) is 0 Å². The Morgan fingerprint density at radius 3 is 2.33 bits per heavy atom. The summed E-state index contributed by atoms with van der Waals surface area (Å²) in [7, 11) is 1.97. The minimum Gasteiger partial charge on any atom is -0.301 e. The van der Waals surface area contributed by atoms with Crippen LogP contribution in [0.2, 0.25) is 0 Å². The molecule has 0 aromatic heterocycles. The first-order valence-electron chi connectivity index (χ1n) is 3.42. The van der Waals surface area contributed by atoms with Crippen LogP contribution < -0.4 is 11.5 Å². The minimum absolute atomic E-state index is 0.530. The van der Waals surface area contributed by atoms with E-state index in [2.05, 4.69) is 0 Å². The second-order valence-electron chi connectivity index (χ2n) is 2.87. The van der Waals surface area contributed by atoms with Gasteiger partial charge in [0.25, 0.3) is 0 Å². The summed E-state index contributed by atoms with van der Waals surface area (Å²) in [6.07, 6.45) is 3.31. The van der Waals surface area contributed by atoms with Gasteiger partial charge in [-0.2, -0.15) is 0 Å². The van der Waals surface area contributed by atoms with Gasteiger partial charge in [0, 0.05) is 6.54 Å². The lowest BCUT2D eigenvalue weighted by Crippen LogP contribution is -2.63. The molecule has 0 aromatic rings. The standard InChI is InChI=1S/C6H15N3/c1-9-5-3-2-4-6(9,7)8/h2-5,7-8H2,1H3. The molecule has 0 spiro atoms. The van der Waals surface area contributed by atoms with E-state index in [1.54, 1.807) is 0 Å². The van der Waals surface area contributed by atoms with Crippen molar-refractivity contribution >= 4 is 0 Å². The molecular formula is C6H15N3. The zero-order valence-corrected chi connectivity index (χ0v) is 5.93. The topological polar surface area (TPSA) is 55.3 Å². The molecule has 0 aliphatic carbocycles. The van der Waals surface area contributed by atoms with E-state index in [1.165, 1.54) is 6.42 Å². The molecule has 0 bridgehead atoms. The van der Waals surface area contributed by atoms with Gasteiger partial charge in [0.1, 0.15) is 5.79 Å². The van der Waals surface area contributed by atoms with Crippen LogP contribution >= 0.6 is 0 Å². The van der Waals surface area contributed by atoms with Gasteiger partial charge in [-0.1, -0.05) is 0 Å². The SMILES string of the molecule is CN1CCCCC1(N)N. The van der Waals surface area contributed by atoms with Crippen molar-refractivity contribution < 1.29 is 0 Å². The maximum Gasteiger partial charge on any atom is 0.120 e. The van der Waals surface area contributed by atoms with Crippen LogP contribution in [0.25, 0.3) is 0 Å². The summed E-state index contributed by atoms with van der Waals surface area (Å²) >= 11 is 0. The molecule has 3 heteroatoms. The third-order valence-corrected chi connectivity index (χ3v) is 2.03. The molecule has 3 nitrogen and oxygen atoms in total. The smallest absolute Gasteiger partial charge is 0.120 e. The molecule has 9 heavy (non-hydrogen) atoms. The van der Waals surface area contributed by atoms with E-state index in [0.717, 1.165) is 19.4 Å². The Kier molecular flexibility index (Phi) is 1.75. The van der Waals surface area contributed by atoms with Crippen molar-refractivity contribution in [3.05, 3.63) is 0 Å². The van der Waals surface area contributed by atoms with Gasteiger partial charge in [-0.25, -0.2) is 0 Å². The lowest BCUT2D eigenvalue weighted by molar-refractivity contribution is 0.0848. The van der Waals surface area contributed by atoms with Gasteiger partial charge in [-0.05, 0) is 26.3 Å². The van der Waals surface area contributed by atoms with E-state index in [4.69, 9.17) is 11.5 Å². The molecule has 0 aromatic carbocycles. The van der Waals surface area contributed by atoms with E-state index in [1.807, 2.05) is 11.9 Å². The Bertz CT molecular complexity index is 100. The van der Waals surface area contributed by atoms with Crippen molar-refractivity contribution in [2.45, 2.75) is 25.0 Å². The number of hydrogen-bond donors (Lipinski definition) is 2. The first-order chi connectivity index (χ1) is 4.13. The van der Waals surface area contributed by atoms with E-state index in [9.17, 15) is 0 Å². The molecule has 1 saturated heterocycles. The third-order valence-electron chi connectivity index (χ3n) is 2.03. The summed E-state index contributed by atoms with van der Waals surface area (Å²) in [6, 6.07) is 0. The zero-order valence-electron chi connectivity index (χ0n) is 5.93. The van der Waals surface area contributed by atoms with E-state index in [0.29, 0.717) is 0 Å². The van der Waals surface area contributed by atoms with Gasteiger partial charge >= 0.3 is 0 Å². The normalized spacial score (nSPS) is 28.3. The molecular weight excluding hydrogens is 114 g/mol. The molecule has 1 aliphatic heterocycles. The van der Waals surface area contributed by atoms with Crippen LogP contribution in [-0.4, -0.2) is 24.3 Å². The van der Waals surface area contributed by atoms with Crippen LogP contribution in [0.4, 0.5) is 0 Å². The van der Waals surface area contributed by atoms with Crippen molar-refractivity contribution in [2.24, 2.45) is 11.5 Å². The molecule has 1 rings (SSSR count). The van der Waals surface area contributed by atoms with Gasteiger partial charge < -0.3 is 11.5 Å². The van der Waals surface area contributed by atoms with Gasteiger partial charge in [0.2, 0.25) is 0 Å². The van der Waals surface area contributed by atoms with Crippen LogP contribution in [0.1, 0.15) is 19.3 Å². The Morgan fingerprint density at radius 2 is 2.00 bits per heavy atom. The van der Waals surface area contributed by atoms with E-state index >= 15 is 0 Å². The fourth-order valence-corrected chi connectivity index (χ4v) is 1.16. The molecule has 0 unspecified atom stereocenters. The quantitative estimate of drug-likeness (QED) is 0.440. The van der Waals surface area contributed by atoms with Crippen molar-refractivity contribution in [3.8, 4) is 0 Å². The highest BCUT2D eigenvalue weighted by atomic mass is 15.3. The highest BCUT2D eigenvalue weighted by Gasteiger charge is 2.27. The van der Waals surface area contributed by atoms with Crippen LogP contribution in [0.5, 0.6) is 0 Å². The maximum atomic E-state index is 5.72. The predicted molar refractivity (Wildman–Crippen MR) is 37.6 cm³/mol. The lowest BCUT2D eigenvalue weighted by atomic mass is 10.1. The first kappa shape index (κ1) is 6.99. The Morgan fingerprint density at radius 1 is 1.33 bits per heavy atom. The molecule has 1 fully saturated rings. The maximum absolute atomic E-state index is 5.72. The highest BCUT2D eigenvalue weighted by molar-refractivity contribution is 4.79. The van der Waals surface area contributed by atoms with Crippen molar-refractivity contribution in [1.29, 1.82) is 0 Å². The number of hydrogen-bond acceptors (Lipinski definition) is 3. The Balaban J connectivity index is 2.49. The van der Waals surface area contributed by atoms with Crippen LogP contribution in [0, 0.1) is 0 Å². The molecule has 0 radical (unpaired) electrons. The predicted octanol–water partition coefficient (Wildman–Crippen LogP) is -0.327. The lowest BCUT2D eigenvalue weighted by Gasteiger charge is -2.38. The van der Waals surface area contributed by atoms with Crippen LogP contribution in [0.3, 0.4) is 0 Å². The largest absolute Gasteiger partial charge is 0.301 e. The van der Waals surface area contributed by atoms with Gasteiger partial charge in [0.15, 0.2) is 0 Å². The van der Waals surface area contributed by atoms with Crippen molar-refractivity contribution in [2.75, 3.05) is 13.6 Å². The summed E-state index contributed by atoms with van der Waals surface area (Å²) in [5.41, 5.74) is 11.4. The molecule has 0 atom stereocenters. The molecule has 1 heterocycles. The fourth-order valence-electron chi connectivity index (χ4n) is 1.16. The zero-order chi connectivity index (χ0) is 6.91. The second kappa shape index (κ2) is 2.25. The molecule has 54 valence electrons. The summed E-state index contributed by atoms with van der Waals surface area (Å²) < 4.78 is 0. The number of nitrogens with two attached hydrogens (primary N) is 2. The molecule has 4 N–H and O–H groups in total. The average Bonchev–Trinajstić information content (AvgIpc) is 1.77. The molecule has 0 saturated carbocycles. The van der Waals surface area contributed by atoms with Crippen LogP contribution in [-0.2, 0) is 0 Å². The second-order valence-corrected chi connectivity index (χ2v) is 2.87. The Hall–Kier alpha value is -0.120.